The molecular weight excluding hydrogens is 382 g/mol. The summed E-state index contributed by atoms with van der Waals surface area (Å²) in [6, 6.07) is 18.7. The Morgan fingerprint density at radius 3 is 2.70 bits per heavy atom. The van der Waals surface area contributed by atoms with E-state index in [0.29, 0.717) is 29.4 Å². The standard InChI is InChI=1S/C23H19N3O4/c1-2-30-21-10-4-7-18(14-21)25-22(27)17(15-24)13-20-9-5-11-26(20)19-8-3-6-16(12-19)23(28)29/h3-14H,2H2,1H3,(H,25,27)(H,28,29)/b17-13+. The number of hydrogen-bond acceptors (Lipinski definition) is 4. The number of nitrogens with zero attached hydrogens (tertiary/aromatic N) is 2. The Hall–Kier alpha value is -4.31. The van der Waals surface area contributed by atoms with Crippen molar-refractivity contribution in [1.29, 1.82) is 5.26 Å². The van der Waals surface area contributed by atoms with Gasteiger partial charge in [0, 0.05) is 29.3 Å². The number of nitrogens with one attached hydrogen (secondary N) is 1. The second kappa shape index (κ2) is 9.26. The Balaban J connectivity index is 1.87. The van der Waals surface area contributed by atoms with E-state index in [1.165, 1.54) is 18.2 Å². The zero-order valence-corrected chi connectivity index (χ0v) is 16.2. The topological polar surface area (TPSA) is 104 Å². The maximum Gasteiger partial charge on any atom is 0.335 e. The number of rotatable bonds is 7. The van der Waals surface area contributed by atoms with E-state index in [0.717, 1.165) is 0 Å². The molecule has 0 radical (unpaired) electrons. The van der Waals surface area contributed by atoms with Crippen LogP contribution < -0.4 is 10.1 Å². The summed E-state index contributed by atoms with van der Waals surface area (Å²) in [5.41, 5.74) is 1.73. The van der Waals surface area contributed by atoms with Crippen molar-refractivity contribution in [2.24, 2.45) is 0 Å². The van der Waals surface area contributed by atoms with E-state index in [1.54, 1.807) is 59.3 Å². The molecule has 1 amide bonds. The molecule has 150 valence electrons. The van der Waals surface area contributed by atoms with E-state index in [9.17, 15) is 20.0 Å². The van der Waals surface area contributed by atoms with Crippen LogP contribution in [0.15, 0.2) is 72.4 Å². The van der Waals surface area contributed by atoms with Crippen molar-refractivity contribution in [3.05, 3.63) is 83.7 Å². The van der Waals surface area contributed by atoms with Crippen molar-refractivity contribution in [3.8, 4) is 17.5 Å². The molecule has 3 aromatic rings. The molecule has 0 bridgehead atoms. The molecule has 0 unspecified atom stereocenters. The molecule has 2 N–H and O–H groups in total. The summed E-state index contributed by atoms with van der Waals surface area (Å²) in [6.45, 7) is 2.36. The first-order valence-corrected chi connectivity index (χ1v) is 9.19. The number of carboxylic acid groups (broad SMARTS) is 1. The van der Waals surface area contributed by atoms with Crippen molar-refractivity contribution in [1.82, 2.24) is 4.57 Å². The molecular formula is C23H19N3O4. The normalized spacial score (nSPS) is 10.9. The van der Waals surface area contributed by atoms with Crippen LogP contribution in [-0.4, -0.2) is 28.2 Å². The zero-order chi connectivity index (χ0) is 21.5. The average molecular weight is 401 g/mol. The molecule has 0 fully saturated rings. The highest BCUT2D eigenvalue weighted by Gasteiger charge is 2.12. The van der Waals surface area contributed by atoms with E-state index >= 15 is 0 Å². The number of ether oxygens (including phenoxy) is 1. The molecule has 7 nitrogen and oxygen atoms in total. The first-order valence-electron chi connectivity index (χ1n) is 9.19. The second-order valence-corrected chi connectivity index (χ2v) is 6.24. The highest BCUT2D eigenvalue weighted by molar-refractivity contribution is 6.09. The lowest BCUT2D eigenvalue weighted by Crippen LogP contribution is -2.13. The number of benzene rings is 2. The van der Waals surface area contributed by atoms with Gasteiger partial charge in [0.05, 0.1) is 12.2 Å². The van der Waals surface area contributed by atoms with Crippen molar-refractivity contribution in [2.75, 3.05) is 11.9 Å². The summed E-state index contributed by atoms with van der Waals surface area (Å²) in [5.74, 6) is -0.976. The highest BCUT2D eigenvalue weighted by Crippen LogP contribution is 2.20. The van der Waals surface area contributed by atoms with Crippen LogP contribution in [0.2, 0.25) is 0 Å². The Kier molecular flexibility index (Phi) is 6.30. The van der Waals surface area contributed by atoms with Crippen LogP contribution >= 0.6 is 0 Å². The first-order chi connectivity index (χ1) is 14.5. The highest BCUT2D eigenvalue weighted by atomic mass is 16.5. The van der Waals surface area contributed by atoms with Gasteiger partial charge in [-0.25, -0.2) is 4.79 Å². The van der Waals surface area contributed by atoms with Crippen LogP contribution in [0.4, 0.5) is 5.69 Å². The summed E-state index contributed by atoms with van der Waals surface area (Å²) in [6.07, 6.45) is 3.18. The van der Waals surface area contributed by atoms with Gasteiger partial charge in [0.15, 0.2) is 0 Å². The summed E-state index contributed by atoms with van der Waals surface area (Å²) in [4.78, 5) is 23.8. The summed E-state index contributed by atoms with van der Waals surface area (Å²) in [5, 5.41) is 21.4. The first kappa shape index (κ1) is 20.4. The molecule has 2 aromatic carbocycles. The Bertz CT molecular complexity index is 1160. The van der Waals surface area contributed by atoms with Crippen molar-refractivity contribution < 1.29 is 19.4 Å². The summed E-state index contributed by atoms with van der Waals surface area (Å²) in [7, 11) is 0. The zero-order valence-electron chi connectivity index (χ0n) is 16.2. The van der Waals surface area contributed by atoms with Crippen LogP contribution in [0.1, 0.15) is 23.0 Å². The van der Waals surface area contributed by atoms with E-state index < -0.39 is 11.9 Å². The number of aromatic nitrogens is 1. The van der Waals surface area contributed by atoms with E-state index in [1.807, 2.05) is 13.0 Å². The lowest BCUT2D eigenvalue weighted by molar-refractivity contribution is -0.112. The molecule has 0 spiro atoms. The van der Waals surface area contributed by atoms with Gasteiger partial charge in [0.1, 0.15) is 17.4 Å². The van der Waals surface area contributed by atoms with Crippen LogP contribution in [0.3, 0.4) is 0 Å². The number of carbonyl (C=O) groups is 2. The van der Waals surface area contributed by atoms with Gasteiger partial charge in [0.2, 0.25) is 0 Å². The molecule has 0 aliphatic rings. The van der Waals surface area contributed by atoms with Gasteiger partial charge in [-0.3, -0.25) is 4.79 Å². The molecule has 1 heterocycles. The molecule has 0 atom stereocenters. The predicted molar refractivity (Wildman–Crippen MR) is 113 cm³/mol. The number of amides is 1. The summed E-state index contributed by atoms with van der Waals surface area (Å²) >= 11 is 0. The molecule has 3 rings (SSSR count). The fourth-order valence-corrected chi connectivity index (χ4v) is 2.86. The number of carbonyl (C=O) groups excluding carboxylic acids is 1. The monoisotopic (exact) mass is 401 g/mol. The predicted octanol–water partition coefficient (Wildman–Crippen LogP) is 4.12. The minimum Gasteiger partial charge on any atom is -0.494 e. The number of nitriles is 1. The summed E-state index contributed by atoms with van der Waals surface area (Å²) < 4.78 is 7.12. The third kappa shape index (κ3) is 4.75. The fourth-order valence-electron chi connectivity index (χ4n) is 2.86. The number of aromatic carboxylic acids is 1. The van der Waals surface area contributed by atoms with E-state index in [4.69, 9.17) is 4.74 Å². The van der Waals surface area contributed by atoms with Crippen LogP contribution in [0.25, 0.3) is 11.8 Å². The van der Waals surface area contributed by atoms with Crippen LogP contribution in [-0.2, 0) is 4.79 Å². The van der Waals surface area contributed by atoms with Gasteiger partial charge >= 0.3 is 5.97 Å². The van der Waals surface area contributed by atoms with Crippen molar-refractivity contribution >= 4 is 23.6 Å². The smallest absolute Gasteiger partial charge is 0.335 e. The Labute approximate surface area is 173 Å². The molecule has 0 aliphatic carbocycles. The van der Waals surface area contributed by atoms with Gasteiger partial charge < -0.3 is 19.7 Å². The SMILES string of the molecule is CCOc1cccc(NC(=O)/C(C#N)=C/c2cccn2-c2cccc(C(=O)O)c2)c1. The Morgan fingerprint density at radius 1 is 1.17 bits per heavy atom. The lowest BCUT2D eigenvalue weighted by atomic mass is 10.2. The van der Waals surface area contributed by atoms with Gasteiger partial charge in [-0.05, 0) is 55.5 Å². The van der Waals surface area contributed by atoms with Crippen LogP contribution in [0.5, 0.6) is 5.75 Å². The average Bonchev–Trinajstić information content (AvgIpc) is 3.20. The molecule has 7 heteroatoms. The third-order valence-corrected chi connectivity index (χ3v) is 4.21. The maximum atomic E-state index is 12.6. The number of hydrogen-bond donors (Lipinski definition) is 2. The molecule has 30 heavy (non-hydrogen) atoms. The largest absolute Gasteiger partial charge is 0.494 e. The minimum absolute atomic E-state index is 0.0915. The quantitative estimate of drug-likeness (QED) is 0.458. The molecule has 0 saturated heterocycles. The molecule has 0 saturated carbocycles. The van der Waals surface area contributed by atoms with Crippen LogP contribution in [0, 0.1) is 11.3 Å². The van der Waals surface area contributed by atoms with E-state index in [-0.39, 0.29) is 11.1 Å². The third-order valence-electron chi connectivity index (χ3n) is 4.21. The Morgan fingerprint density at radius 2 is 1.97 bits per heavy atom. The second-order valence-electron chi connectivity index (χ2n) is 6.24. The van der Waals surface area contributed by atoms with Gasteiger partial charge in [-0.15, -0.1) is 0 Å². The lowest BCUT2D eigenvalue weighted by Gasteiger charge is -2.09. The fraction of sp³-hybridized carbons (Fsp3) is 0.0870. The minimum atomic E-state index is -1.03. The van der Waals surface area contributed by atoms with E-state index in [2.05, 4.69) is 5.32 Å². The van der Waals surface area contributed by atoms with Crippen molar-refractivity contribution in [3.63, 3.8) is 0 Å². The maximum absolute atomic E-state index is 12.6. The molecule has 0 aliphatic heterocycles. The van der Waals surface area contributed by atoms with Gasteiger partial charge in [-0.1, -0.05) is 12.1 Å². The van der Waals surface area contributed by atoms with Gasteiger partial charge in [0.25, 0.3) is 5.91 Å². The number of anilines is 1. The van der Waals surface area contributed by atoms with Gasteiger partial charge in [-0.2, -0.15) is 5.26 Å². The van der Waals surface area contributed by atoms with Crippen molar-refractivity contribution in [2.45, 2.75) is 6.92 Å². The number of carboxylic acids is 1. The molecule has 1 aromatic heterocycles.